The number of guanidine groups is 1. The molecule has 1 saturated carbocycles. The molecule has 1 aliphatic carbocycles. The normalized spacial score (nSPS) is 19.1. The van der Waals surface area contributed by atoms with E-state index in [9.17, 15) is 4.79 Å². The number of aliphatic imine (C=N–C) groups is 1. The highest BCUT2D eigenvalue weighted by Crippen LogP contribution is 2.28. The maximum absolute atomic E-state index is 12.3. The Balaban J connectivity index is 1.32. The predicted molar refractivity (Wildman–Crippen MR) is 105 cm³/mol. The Bertz CT molecular complexity index is 640. The minimum Gasteiger partial charge on any atom is -0.444 e. The van der Waals surface area contributed by atoms with Gasteiger partial charge >= 0.3 is 0 Å². The van der Waals surface area contributed by atoms with E-state index < -0.39 is 0 Å². The van der Waals surface area contributed by atoms with E-state index in [2.05, 4.69) is 30.4 Å². The van der Waals surface area contributed by atoms with Crippen LogP contribution >= 0.6 is 0 Å². The molecule has 1 aromatic heterocycles. The molecule has 0 bridgehead atoms. The van der Waals surface area contributed by atoms with Crippen LogP contribution in [0.15, 0.2) is 9.41 Å². The van der Waals surface area contributed by atoms with Gasteiger partial charge in [0.25, 0.3) is 0 Å². The summed E-state index contributed by atoms with van der Waals surface area (Å²) in [5.74, 6) is 2.94. The van der Waals surface area contributed by atoms with Crippen molar-refractivity contribution in [3.63, 3.8) is 0 Å². The van der Waals surface area contributed by atoms with Crippen LogP contribution in [-0.4, -0.2) is 73.0 Å². The number of hydrogen-bond acceptors (Lipinski definition) is 5. The van der Waals surface area contributed by atoms with Crippen molar-refractivity contribution in [2.75, 3.05) is 46.3 Å². The average molecular weight is 377 g/mol. The molecule has 0 unspecified atom stereocenters. The predicted octanol–water partition coefficient (Wildman–Crippen LogP) is 0.901. The van der Waals surface area contributed by atoms with Crippen molar-refractivity contribution in [3.05, 3.63) is 17.3 Å². The molecule has 1 aliphatic heterocycles. The third-order valence-corrected chi connectivity index (χ3v) is 5.56. The Hall–Kier alpha value is -2.09. The fourth-order valence-corrected chi connectivity index (χ4v) is 3.43. The van der Waals surface area contributed by atoms with Gasteiger partial charge in [0, 0.05) is 52.2 Å². The molecule has 8 nitrogen and oxygen atoms in total. The van der Waals surface area contributed by atoms with E-state index in [0.717, 1.165) is 69.5 Å². The lowest BCUT2D eigenvalue weighted by Crippen LogP contribution is -2.52. The topological polar surface area (TPSA) is 86.0 Å². The molecule has 8 heteroatoms. The highest BCUT2D eigenvalue weighted by Gasteiger charge is 2.30. The zero-order valence-corrected chi connectivity index (χ0v) is 16.8. The maximum Gasteiger partial charge on any atom is 0.225 e. The molecule has 1 aromatic rings. The number of amides is 1. The van der Waals surface area contributed by atoms with Gasteiger partial charge in [0.05, 0.1) is 12.2 Å². The summed E-state index contributed by atoms with van der Waals surface area (Å²) >= 11 is 0. The minimum atomic E-state index is 0.309. The molecule has 0 spiro atoms. The van der Waals surface area contributed by atoms with Crippen LogP contribution in [0.4, 0.5) is 0 Å². The molecule has 2 N–H and O–H groups in total. The molecule has 2 fully saturated rings. The van der Waals surface area contributed by atoms with Crippen LogP contribution in [0.2, 0.25) is 0 Å². The molecule has 1 amide bonds. The first-order chi connectivity index (χ1) is 13.1. The highest BCUT2D eigenvalue weighted by molar-refractivity contribution is 5.80. The fraction of sp³-hybridized carbons (Fsp3) is 0.737. The first-order valence-electron chi connectivity index (χ1n) is 9.95. The summed E-state index contributed by atoms with van der Waals surface area (Å²) in [6.45, 7) is 9.70. The maximum atomic E-state index is 12.3. The van der Waals surface area contributed by atoms with Crippen LogP contribution in [-0.2, 0) is 11.3 Å². The van der Waals surface area contributed by atoms with Gasteiger partial charge < -0.3 is 20.0 Å². The van der Waals surface area contributed by atoms with E-state index in [4.69, 9.17) is 4.42 Å². The van der Waals surface area contributed by atoms with Crippen molar-refractivity contribution >= 4 is 11.9 Å². The van der Waals surface area contributed by atoms with E-state index >= 15 is 0 Å². The second kappa shape index (κ2) is 9.21. The van der Waals surface area contributed by atoms with Crippen LogP contribution in [0.25, 0.3) is 0 Å². The number of aryl methyl sites for hydroxylation is 2. The molecule has 150 valence electrons. The molecule has 0 aromatic carbocycles. The van der Waals surface area contributed by atoms with Gasteiger partial charge in [-0.05, 0) is 26.7 Å². The quantitative estimate of drug-likeness (QED) is 0.567. The number of nitrogens with zero attached hydrogens (tertiary/aromatic N) is 4. The van der Waals surface area contributed by atoms with Crippen LogP contribution < -0.4 is 10.6 Å². The van der Waals surface area contributed by atoms with Crippen molar-refractivity contribution in [2.24, 2.45) is 10.9 Å². The average Bonchev–Trinajstić information content (AvgIpc) is 2.95. The van der Waals surface area contributed by atoms with E-state index in [-0.39, 0.29) is 0 Å². The lowest BCUT2D eigenvalue weighted by atomic mass is 9.84. The first kappa shape index (κ1) is 19.7. The van der Waals surface area contributed by atoms with Gasteiger partial charge in [0.2, 0.25) is 11.8 Å². The molecular formula is C19H32N6O2. The smallest absolute Gasteiger partial charge is 0.225 e. The van der Waals surface area contributed by atoms with Crippen LogP contribution in [0.5, 0.6) is 0 Å². The van der Waals surface area contributed by atoms with E-state index in [1.54, 1.807) is 7.05 Å². The molecular weight excluding hydrogens is 344 g/mol. The van der Waals surface area contributed by atoms with Gasteiger partial charge in [-0.1, -0.05) is 6.42 Å². The largest absolute Gasteiger partial charge is 0.444 e. The van der Waals surface area contributed by atoms with Gasteiger partial charge in [-0.25, -0.2) is 4.98 Å². The first-order valence-corrected chi connectivity index (χ1v) is 9.95. The molecule has 27 heavy (non-hydrogen) atoms. The van der Waals surface area contributed by atoms with Crippen LogP contribution in [0, 0.1) is 19.8 Å². The summed E-state index contributed by atoms with van der Waals surface area (Å²) < 4.78 is 5.57. The molecule has 0 atom stereocenters. The third-order valence-electron chi connectivity index (χ3n) is 5.56. The van der Waals surface area contributed by atoms with E-state index in [1.807, 2.05) is 13.8 Å². The van der Waals surface area contributed by atoms with Gasteiger partial charge in [-0.3, -0.25) is 14.7 Å². The summed E-state index contributed by atoms with van der Waals surface area (Å²) in [4.78, 5) is 25.3. The zero-order chi connectivity index (χ0) is 19.2. The standard InChI is InChI=1S/C19H32N6O2/c1-14-15(2)27-17(23-14)13-22-19(20-3)21-7-8-24-9-11-25(12-10-24)18(26)16-5-4-6-16/h16H,4-13H2,1-3H3,(H2,20,21,22). The summed E-state index contributed by atoms with van der Waals surface area (Å²) in [6, 6.07) is 0. The van der Waals surface area contributed by atoms with Crippen molar-refractivity contribution < 1.29 is 9.21 Å². The van der Waals surface area contributed by atoms with E-state index in [1.165, 1.54) is 6.42 Å². The Morgan fingerprint density at radius 2 is 1.96 bits per heavy atom. The lowest BCUT2D eigenvalue weighted by molar-refractivity contribution is -0.139. The number of oxazole rings is 1. The summed E-state index contributed by atoms with van der Waals surface area (Å²) in [5.41, 5.74) is 0.921. The van der Waals surface area contributed by atoms with Crippen LogP contribution in [0.3, 0.4) is 0 Å². The zero-order valence-electron chi connectivity index (χ0n) is 16.8. The van der Waals surface area contributed by atoms with Gasteiger partial charge in [0.15, 0.2) is 5.96 Å². The molecule has 2 aliphatic rings. The van der Waals surface area contributed by atoms with Gasteiger partial charge in [-0.15, -0.1) is 0 Å². The number of hydrogen-bond donors (Lipinski definition) is 2. The van der Waals surface area contributed by atoms with Crippen LogP contribution in [0.1, 0.15) is 36.6 Å². The monoisotopic (exact) mass is 376 g/mol. The number of nitrogens with one attached hydrogen (secondary N) is 2. The molecule has 2 heterocycles. The highest BCUT2D eigenvalue weighted by atomic mass is 16.4. The van der Waals surface area contributed by atoms with Crippen molar-refractivity contribution in [1.29, 1.82) is 0 Å². The van der Waals surface area contributed by atoms with Crippen molar-refractivity contribution in [1.82, 2.24) is 25.4 Å². The van der Waals surface area contributed by atoms with Gasteiger partial charge in [-0.2, -0.15) is 0 Å². The fourth-order valence-electron chi connectivity index (χ4n) is 3.43. The summed E-state index contributed by atoms with van der Waals surface area (Å²) in [6.07, 6.45) is 3.39. The van der Waals surface area contributed by atoms with Crippen molar-refractivity contribution in [3.8, 4) is 0 Å². The third kappa shape index (κ3) is 5.22. The Morgan fingerprint density at radius 3 is 2.52 bits per heavy atom. The number of aromatic nitrogens is 1. The second-order valence-corrected chi connectivity index (χ2v) is 7.40. The van der Waals surface area contributed by atoms with Crippen molar-refractivity contribution in [2.45, 2.75) is 39.7 Å². The minimum absolute atomic E-state index is 0.309. The molecule has 1 saturated heterocycles. The number of carbonyl (C=O) groups is 1. The summed E-state index contributed by atoms with van der Waals surface area (Å²) in [7, 11) is 1.76. The Labute approximate surface area is 161 Å². The number of carbonyl (C=O) groups excluding carboxylic acids is 1. The summed E-state index contributed by atoms with van der Waals surface area (Å²) in [5, 5.41) is 6.55. The Kier molecular flexibility index (Phi) is 6.71. The number of piperazine rings is 1. The van der Waals surface area contributed by atoms with Gasteiger partial charge in [0.1, 0.15) is 5.76 Å². The number of rotatable bonds is 6. The Morgan fingerprint density at radius 1 is 1.22 bits per heavy atom. The SMILES string of the molecule is CN=C(NCCN1CCN(C(=O)C2CCC2)CC1)NCc1nc(C)c(C)o1. The molecule has 3 rings (SSSR count). The van der Waals surface area contributed by atoms with E-state index in [0.29, 0.717) is 24.3 Å². The lowest BCUT2D eigenvalue weighted by Gasteiger charge is -2.38. The molecule has 0 radical (unpaired) electrons. The second-order valence-electron chi connectivity index (χ2n) is 7.40.